The fraction of sp³-hybridized carbons (Fsp3) is 0.318. The number of nitrogens with zero attached hydrogens (tertiary/aromatic N) is 7. The predicted octanol–water partition coefficient (Wildman–Crippen LogP) is 3.02. The molecule has 1 fully saturated rings. The average molecular weight is 448 g/mol. The summed E-state index contributed by atoms with van der Waals surface area (Å²) in [6.07, 6.45) is 3.42. The molecule has 11 heteroatoms. The molecule has 5 rings (SSSR count). The number of carbonyl (C=O) groups is 1. The molecule has 0 aromatic carbocycles. The van der Waals surface area contributed by atoms with Crippen molar-refractivity contribution in [2.45, 2.75) is 26.3 Å². The molecule has 0 unspecified atom stereocenters. The molecule has 1 atom stereocenters. The lowest BCUT2D eigenvalue weighted by Gasteiger charge is -2.38. The van der Waals surface area contributed by atoms with E-state index in [-0.39, 0.29) is 6.04 Å². The monoisotopic (exact) mass is 448 g/mol. The van der Waals surface area contributed by atoms with Crippen LogP contribution in [-0.2, 0) is 7.05 Å². The van der Waals surface area contributed by atoms with E-state index in [0.29, 0.717) is 36.4 Å². The summed E-state index contributed by atoms with van der Waals surface area (Å²) in [6, 6.07) is 7.63. The maximum Gasteiger partial charge on any atom is 0.407 e. The van der Waals surface area contributed by atoms with Gasteiger partial charge < -0.3 is 20.1 Å². The van der Waals surface area contributed by atoms with Crippen LogP contribution in [0.5, 0.6) is 5.75 Å². The maximum absolute atomic E-state index is 11.2. The molecular weight excluding hydrogens is 424 g/mol. The Kier molecular flexibility index (Phi) is 5.08. The van der Waals surface area contributed by atoms with Crippen molar-refractivity contribution in [3.63, 3.8) is 0 Å². The Morgan fingerprint density at radius 3 is 2.82 bits per heavy atom. The number of ether oxygens (including phenoxy) is 1. The molecule has 1 aliphatic rings. The molecule has 170 valence electrons. The van der Waals surface area contributed by atoms with Crippen molar-refractivity contribution in [3.8, 4) is 17.0 Å². The second kappa shape index (κ2) is 8.08. The minimum Gasteiger partial charge on any atom is -0.487 e. The third-order valence-corrected chi connectivity index (χ3v) is 5.69. The lowest BCUT2D eigenvalue weighted by molar-refractivity contribution is 0.0501. The van der Waals surface area contributed by atoms with Crippen LogP contribution in [0.1, 0.15) is 17.9 Å². The summed E-state index contributed by atoms with van der Waals surface area (Å²) in [5.74, 6) is 2.67. The Balaban J connectivity index is 1.38. The molecule has 0 radical (unpaired) electrons. The van der Waals surface area contributed by atoms with Crippen LogP contribution in [0.4, 0.5) is 16.4 Å². The van der Waals surface area contributed by atoms with Crippen molar-refractivity contribution in [1.82, 2.24) is 34.3 Å². The van der Waals surface area contributed by atoms with Gasteiger partial charge in [0, 0.05) is 43.2 Å². The number of hydrogen-bond acceptors (Lipinski definition) is 7. The number of anilines is 2. The molecule has 0 saturated carbocycles. The number of pyridine rings is 1. The fourth-order valence-electron chi connectivity index (χ4n) is 4.02. The van der Waals surface area contributed by atoms with Crippen LogP contribution < -0.4 is 10.1 Å². The maximum atomic E-state index is 11.2. The van der Waals surface area contributed by atoms with Gasteiger partial charge in [-0.3, -0.25) is 4.68 Å². The molecule has 4 aromatic rings. The Hall–Kier alpha value is -4.15. The standard InChI is InChI=1S/C22H24N8O3/c1-13-8-19(25-14(2)24-13)26-20-10-17-9-15(4-7-30(17)27-20)21-18(11-23-28(21)3)33-12-16-5-6-29(16)22(31)32/h4,7-11,16H,5-6,12H2,1-3H3,(H,31,32)(H,24,25,26,27)/t16-/m0/s1. The number of rotatable bonds is 6. The quantitative estimate of drug-likeness (QED) is 0.461. The molecule has 5 heterocycles. The molecule has 1 saturated heterocycles. The number of fused-ring (bicyclic) bond motifs is 1. The number of aryl methyl sites for hydroxylation is 3. The SMILES string of the molecule is Cc1cc(Nc2cc3cc(-c4c(OC[C@@H]5CCN5C(=O)O)cnn4C)ccn3n2)nc(C)n1. The highest BCUT2D eigenvalue weighted by molar-refractivity contribution is 5.73. The van der Waals surface area contributed by atoms with Crippen LogP contribution in [0.2, 0.25) is 0 Å². The number of nitrogens with one attached hydrogen (secondary N) is 1. The molecule has 1 aliphatic heterocycles. The van der Waals surface area contributed by atoms with Gasteiger partial charge in [0.05, 0.1) is 17.8 Å². The fourth-order valence-corrected chi connectivity index (χ4v) is 4.02. The largest absolute Gasteiger partial charge is 0.487 e. The van der Waals surface area contributed by atoms with Crippen molar-refractivity contribution < 1.29 is 14.6 Å². The number of likely N-dealkylation sites (tertiary alicyclic amines) is 1. The smallest absolute Gasteiger partial charge is 0.407 e. The van der Waals surface area contributed by atoms with E-state index in [1.54, 1.807) is 15.4 Å². The zero-order chi connectivity index (χ0) is 23.1. The van der Waals surface area contributed by atoms with Crippen LogP contribution in [0.3, 0.4) is 0 Å². The van der Waals surface area contributed by atoms with Crippen LogP contribution in [0.15, 0.2) is 36.7 Å². The molecule has 0 aliphatic carbocycles. The van der Waals surface area contributed by atoms with E-state index < -0.39 is 6.09 Å². The highest BCUT2D eigenvalue weighted by Crippen LogP contribution is 2.31. The van der Waals surface area contributed by atoms with Gasteiger partial charge in [-0.15, -0.1) is 0 Å². The summed E-state index contributed by atoms with van der Waals surface area (Å²) in [5, 5.41) is 21.3. The van der Waals surface area contributed by atoms with Crippen LogP contribution in [-0.4, -0.2) is 64.7 Å². The Morgan fingerprint density at radius 1 is 1.24 bits per heavy atom. The molecule has 2 N–H and O–H groups in total. The van der Waals surface area contributed by atoms with Crippen LogP contribution >= 0.6 is 0 Å². The van der Waals surface area contributed by atoms with Gasteiger partial charge in [0.1, 0.15) is 23.9 Å². The Bertz CT molecular complexity index is 1320. The molecule has 33 heavy (non-hydrogen) atoms. The molecule has 4 aromatic heterocycles. The van der Waals surface area contributed by atoms with Gasteiger partial charge in [-0.1, -0.05) is 0 Å². The lowest BCUT2D eigenvalue weighted by Crippen LogP contribution is -2.53. The predicted molar refractivity (Wildman–Crippen MR) is 121 cm³/mol. The van der Waals surface area contributed by atoms with Gasteiger partial charge in [-0.05, 0) is 32.4 Å². The summed E-state index contributed by atoms with van der Waals surface area (Å²) in [5.41, 5.74) is 3.51. The first-order valence-corrected chi connectivity index (χ1v) is 10.6. The van der Waals surface area contributed by atoms with E-state index in [4.69, 9.17) is 4.74 Å². The van der Waals surface area contributed by atoms with Crippen molar-refractivity contribution in [2.24, 2.45) is 7.05 Å². The molecule has 0 spiro atoms. The second-order valence-electron chi connectivity index (χ2n) is 8.09. The summed E-state index contributed by atoms with van der Waals surface area (Å²) in [7, 11) is 1.85. The van der Waals surface area contributed by atoms with Gasteiger partial charge in [-0.25, -0.2) is 19.3 Å². The average Bonchev–Trinajstić information content (AvgIpc) is 3.27. The zero-order valence-electron chi connectivity index (χ0n) is 18.6. The van der Waals surface area contributed by atoms with E-state index in [1.807, 2.05) is 51.4 Å². The first-order valence-electron chi connectivity index (χ1n) is 10.6. The normalized spacial score (nSPS) is 15.5. The topological polar surface area (TPSA) is 123 Å². The van der Waals surface area contributed by atoms with Crippen molar-refractivity contribution in [2.75, 3.05) is 18.5 Å². The molecular formula is C22H24N8O3. The van der Waals surface area contributed by atoms with Crippen molar-refractivity contribution in [3.05, 3.63) is 48.2 Å². The Labute approximate surface area is 189 Å². The first-order chi connectivity index (χ1) is 15.9. The van der Waals surface area contributed by atoms with Crippen LogP contribution in [0, 0.1) is 13.8 Å². The minimum absolute atomic E-state index is 0.129. The third kappa shape index (κ3) is 4.04. The number of aromatic nitrogens is 6. The van der Waals surface area contributed by atoms with E-state index >= 15 is 0 Å². The molecule has 0 bridgehead atoms. The summed E-state index contributed by atoms with van der Waals surface area (Å²) in [4.78, 5) is 21.3. The minimum atomic E-state index is -0.913. The summed E-state index contributed by atoms with van der Waals surface area (Å²) < 4.78 is 9.51. The third-order valence-electron chi connectivity index (χ3n) is 5.69. The number of carboxylic acid groups (broad SMARTS) is 1. The lowest BCUT2D eigenvalue weighted by atomic mass is 10.1. The number of amides is 1. The number of hydrogen-bond donors (Lipinski definition) is 2. The zero-order valence-corrected chi connectivity index (χ0v) is 18.6. The van der Waals surface area contributed by atoms with Gasteiger partial charge in [-0.2, -0.15) is 10.2 Å². The molecule has 1 amide bonds. The van der Waals surface area contributed by atoms with Gasteiger partial charge in [0.25, 0.3) is 0 Å². The van der Waals surface area contributed by atoms with Gasteiger partial charge >= 0.3 is 6.09 Å². The summed E-state index contributed by atoms with van der Waals surface area (Å²) >= 11 is 0. The Morgan fingerprint density at radius 2 is 2.09 bits per heavy atom. The van der Waals surface area contributed by atoms with E-state index in [1.165, 1.54) is 4.90 Å². The second-order valence-corrected chi connectivity index (χ2v) is 8.09. The van der Waals surface area contributed by atoms with Gasteiger partial charge in [0.2, 0.25) is 0 Å². The molecule has 11 nitrogen and oxygen atoms in total. The van der Waals surface area contributed by atoms with Crippen molar-refractivity contribution >= 4 is 23.2 Å². The summed E-state index contributed by atoms with van der Waals surface area (Å²) in [6.45, 7) is 4.62. The van der Waals surface area contributed by atoms with Crippen molar-refractivity contribution in [1.29, 1.82) is 0 Å². The highest BCUT2D eigenvalue weighted by Gasteiger charge is 2.32. The highest BCUT2D eigenvalue weighted by atomic mass is 16.5. The first kappa shape index (κ1) is 20.7. The van der Waals surface area contributed by atoms with E-state index in [2.05, 4.69) is 25.5 Å². The van der Waals surface area contributed by atoms with E-state index in [9.17, 15) is 9.90 Å². The van der Waals surface area contributed by atoms with Crippen LogP contribution in [0.25, 0.3) is 16.8 Å². The van der Waals surface area contributed by atoms with Gasteiger partial charge in [0.15, 0.2) is 11.6 Å². The van der Waals surface area contributed by atoms with E-state index in [0.717, 1.165) is 28.9 Å².